The van der Waals surface area contributed by atoms with Crippen molar-refractivity contribution >= 4 is 124 Å². The van der Waals surface area contributed by atoms with Gasteiger partial charge in [0, 0.05) is 43.9 Å². The van der Waals surface area contributed by atoms with Crippen molar-refractivity contribution in [1.82, 2.24) is 19.5 Å². The van der Waals surface area contributed by atoms with Crippen LogP contribution in [0.25, 0.3) is 94.7 Å². The highest BCUT2D eigenvalue weighted by Gasteiger charge is 2.26. The van der Waals surface area contributed by atoms with E-state index in [1.165, 1.54) is 54.8 Å². The first-order valence-corrected chi connectivity index (χ1v) is 19.2. The smallest absolute Gasteiger partial charge is 0.164 e. The molecule has 3 aromatic heterocycles. The van der Waals surface area contributed by atoms with E-state index in [-0.39, 0.29) is 0 Å². The number of fused-ring (bicyclic) bond motifs is 6. The van der Waals surface area contributed by atoms with E-state index in [9.17, 15) is 0 Å². The van der Waals surface area contributed by atoms with E-state index >= 15 is 0 Å². The maximum absolute atomic E-state index is 7.11. The summed E-state index contributed by atoms with van der Waals surface area (Å²) < 4.78 is 9.54. The largest absolute Gasteiger partial charge is 0.457 e. The highest BCUT2D eigenvalue weighted by atomic mass is 16.3. The fourth-order valence-corrected chi connectivity index (χ4v) is 8.81. The molecule has 0 radical (unpaired) electrons. The molecule has 258 valence electrons. The number of hydrogen-bond donors (Lipinski definition) is 0. The summed E-state index contributed by atoms with van der Waals surface area (Å²) in [6.45, 7) is 0. The van der Waals surface area contributed by atoms with Gasteiger partial charge >= 0.3 is 0 Å². The van der Waals surface area contributed by atoms with Crippen molar-refractivity contribution in [2.75, 3.05) is 0 Å². The first kappa shape index (κ1) is 34.1. The van der Waals surface area contributed by atoms with Crippen LogP contribution in [0.5, 0.6) is 0 Å². The summed E-state index contributed by atoms with van der Waals surface area (Å²) in [7, 11) is 13.3. The number of aromatic nitrogens is 4. The minimum Gasteiger partial charge on any atom is -0.457 e. The molecular weight excluding hydrogens is 677 g/mol. The van der Waals surface area contributed by atoms with E-state index in [1.54, 1.807) is 0 Å². The van der Waals surface area contributed by atoms with E-state index < -0.39 is 0 Å². The summed E-state index contributed by atoms with van der Waals surface area (Å²) in [5.41, 5.74) is 17.4. The van der Waals surface area contributed by atoms with Gasteiger partial charge in [-0.3, -0.25) is 0 Å². The number of benzene rings is 7. The van der Waals surface area contributed by atoms with E-state index in [1.807, 2.05) is 24.3 Å². The van der Waals surface area contributed by atoms with Gasteiger partial charge in [0.25, 0.3) is 0 Å². The second kappa shape index (κ2) is 13.1. The molecule has 0 fully saturated rings. The highest BCUT2D eigenvalue weighted by molar-refractivity contribution is 6.64. The van der Waals surface area contributed by atoms with E-state index in [0.717, 1.165) is 55.2 Å². The molecule has 0 saturated carbocycles. The molecule has 10 rings (SSSR count). The Kier molecular flexibility index (Phi) is 7.96. The maximum Gasteiger partial charge on any atom is 0.164 e. The lowest BCUT2D eigenvalue weighted by Crippen LogP contribution is -2.38. The average molecular weight is 712 g/mol. The Bertz CT molecular complexity index is 3150. The van der Waals surface area contributed by atoms with Gasteiger partial charge in [-0.2, -0.15) is 0 Å². The zero-order valence-electron chi connectivity index (χ0n) is 32.4. The minimum atomic E-state index is 0.632. The van der Waals surface area contributed by atoms with Crippen LogP contribution in [0, 0.1) is 0 Å². The van der Waals surface area contributed by atoms with Gasteiger partial charge in [-0.1, -0.05) is 143 Å². The summed E-state index contributed by atoms with van der Waals surface area (Å²) in [5, 5.41) is 4.82. The van der Waals surface area contributed by atoms with Crippen molar-refractivity contribution < 1.29 is 4.42 Å². The van der Waals surface area contributed by atoms with Gasteiger partial charge in [0.05, 0.1) is 11.0 Å². The summed E-state index contributed by atoms with van der Waals surface area (Å²) >= 11 is 0. The molecule has 0 aliphatic heterocycles. The number of rotatable bonds is 5. The van der Waals surface area contributed by atoms with E-state index in [0.29, 0.717) is 17.5 Å². The Labute approximate surface area is 330 Å². The SMILES string of the molecule is Bc1c(-c2nc(-c3ccccc3)nc(-c3ccc(-c4ccccc4)cc3)n2)c(B)c2oc3c(B)c(-n4c5ccccc5c5ccccc54)c(B)c(B)c3c2c1B. The maximum atomic E-state index is 7.11. The number of hydrogen-bond acceptors (Lipinski definition) is 4. The molecule has 3 heterocycles. The Morgan fingerprint density at radius 2 is 0.804 bits per heavy atom. The van der Waals surface area contributed by atoms with Crippen molar-refractivity contribution in [3.8, 4) is 51.0 Å². The Morgan fingerprint density at radius 3 is 1.39 bits per heavy atom. The second-order valence-corrected chi connectivity index (χ2v) is 15.0. The molecule has 0 aliphatic rings. The lowest BCUT2D eigenvalue weighted by molar-refractivity contribution is 0.674. The van der Waals surface area contributed by atoms with Crippen LogP contribution >= 0.6 is 0 Å². The molecule has 56 heavy (non-hydrogen) atoms. The molecular formula is C45H34B6N4O. The third-order valence-electron chi connectivity index (χ3n) is 11.9. The van der Waals surface area contributed by atoms with Gasteiger partial charge in [-0.25, -0.2) is 15.0 Å². The molecule has 10 aromatic rings. The Hall–Kier alpha value is -6.46. The second-order valence-electron chi connectivity index (χ2n) is 15.0. The minimum absolute atomic E-state index is 0.632. The Morgan fingerprint density at radius 1 is 0.375 bits per heavy atom. The van der Waals surface area contributed by atoms with Crippen LogP contribution in [-0.4, -0.2) is 66.6 Å². The predicted octanol–water partition coefficient (Wildman–Crippen LogP) is 1.09. The summed E-state index contributed by atoms with van der Waals surface area (Å²) in [6, 6.07) is 46.4. The van der Waals surface area contributed by atoms with Gasteiger partial charge in [0.15, 0.2) is 17.5 Å². The van der Waals surface area contributed by atoms with Crippen molar-refractivity contribution in [2.45, 2.75) is 0 Å². The topological polar surface area (TPSA) is 56.7 Å². The standard InChI is InChI=1S/C45H34B6N4O/c46-34-31-32-35(47)38(50)40(55-29-17-9-7-15-27(29)28-16-8-10-18-30(28)55)39(51)42(32)56-41(31)37(49)33(36(34)48)45-53-43(25-13-5-2-6-14-25)52-44(54-45)26-21-19-24(20-22-26)23-11-3-1-4-12-23/h1-22H,46-51H2. The van der Waals surface area contributed by atoms with Crippen LogP contribution in [0.1, 0.15) is 0 Å². The van der Waals surface area contributed by atoms with Gasteiger partial charge in [0.1, 0.15) is 58.2 Å². The van der Waals surface area contributed by atoms with Gasteiger partial charge in [0.2, 0.25) is 0 Å². The van der Waals surface area contributed by atoms with Gasteiger partial charge in [-0.05, 0) is 34.2 Å². The van der Waals surface area contributed by atoms with Crippen molar-refractivity contribution in [3.63, 3.8) is 0 Å². The van der Waals surface area contributed by atoms with E-state index in [4.69, 9.17) is 19.4 Å². The summed E-state index contributed by atoms with van der Waals surface area (Å²) in [5.74, 6) is 1.90. The monoisotopic (exact) mass is 712 g/mol. The van der Waals surface area contributed by atoms with Crippen LogP contribution in [0.15, 0.2) is 138 Å². The molecule has 11 heteroatoms. The van der Waals surface area contributed by atoms with Crippen molar-refractivity contribution in [3.05, 3.63) is 133 Å². The van der Waals surface area contributed by atoms with Crippen molar-refractivity contribution in [1.29, 1.82) is 0 Å². The fraction of sp³-hybridized carbons (Fsp3) is 0. The van der Waals surface area contributed by atoms with Crippen LogP contribution < -0.4 is 32.8 Å². The lowest BCUT2D eigenvalue weighted by Gasteiger charge is -2.19. The van der Waals surface area contributed by atoms with Gasteiger partial charge in [-0.15, -0.1) is 0 Å². The third-order valence-corrected chi connectivity index (χ3v) is 11.9. The Balaban J connectivity index is 1.20. The molecule has 0 aliphatic carbocycles. The number of nitrogens with zero attached hydrogens (tertiary/aromatic N) is 4. The molecule has 5 nitrogen and oxygen atoms in total. The molecule has 0 amide bonds. The first-order chi connectivity index (χ1) is 27.3. The molecule has 0 spiro atoms. The average Bonchev–Trinajstić information content (AvgIpc) is 3.81. The lowest BCUT2D eigenvalue weighted by atomic mass is 9.68. The summed E-state index contributed by atoms with van der Waals surface area (Å²) in [6.07, 6.45) is 0. The quantitative estimate of drug-likeness (QED) is 0.251. The van der Waals surface area contributed by atoms with E-state index in [2.05, 4.69) is 161 Å². The molecule has 0 atom stereocenters. The molecule has 0 saturated heterocycles. The molecule has 0 bridgehead atoms. The van der Waals surface area contributed by atoms with Gasteiger partial charge < -0.3 is 8.98 Å². The molecule has 0 N–H and O–H groups in total. The fourth-order valence-electron chi connectivity index (χ4n) is 8.81. The zero-order valence-corrected chi connectivity index (χ0v) is 32.4. The van der Waals surface area contributed by atoms with Crippen LogP contribution in [0.2, 0.25) is 0 Å². The predicted molar refractivity (Wildman–Crippen MR) is 252 cm³/mol. The van der Waals surface area contributed by atoms with Crippen LogP contribution in [0.4, 0.5) is 0 Å². The van der Waals surface area contributed by atoms with Crippen LogP contribution in [0.3, 0.4) is 0 Å². The van der Waals surface area contributed by atoms with Crippen LogP contribution in [-0.2, 0) is 0 Å². The molecule has 7 aromatic carbocycles. The number of furan rings is 1. The third kappa shape index (κ3) is 5.14. The van der Waals surface area contributed by atoms with Crippen molar-refractivity contribution in [2.24, 2.45) is 0 Å². The zero-order chi connectivity index (χ0) is 38.2. The first-order valence-electron chi connectivity index (χ1n) is 19.2. The number of para-hydroxylation sites is 2. The normalized spacial score (nSPS) is 11.6. The molecule has 0 unspecified atom stereocenters. The summed E-state index contributed by atoms with van der Waals surface area (Å²) in [4.78, 5) is 15.4. The highest BCUT2D eigenvalue weighted by Crippen LogP contribution is 2.33.